The number of sulfone groups is 1. The van der Waals surface area contributed by atoms with Gasteiger partial charge in [0.2, 0.25) is 15.7 Å². The minimum Gasteiger partial charge on any atom is -0.423 e. The SMILES string of the molecule is Cc1ccccc1-c1nc(C#N)c(S(=O)(=O)c2ccccc2)o1. The molecule has 0 saturated heterocycles. The second kappa shape index (κ2) is 5.71. The largest absolute Gasteiger partial charge is 0.423 e. The molecule has 0 fully saturated rings. The van der Waals surface area contributed by atoms with Crippen LogP contribution in [0.25, 0.3) is 11.5 Å². The normalized spacial score (nSPS) is 11.1. The van der Waals surface area contributed by atoms with E-state index in [1.807, 2.05) is 19.1 Å². The summed E-state index contributed by atoms with van der Waals surface area (Å²) in [4.78, 5) is 4.10. The summed E-state index contributed by atoms with van der Waals surface area (Å²) in [6.45, 7) is 1.86. The molecule has 23 heavy (non-hydrogen) atoms. The molecular formula is C17H12N2O3S. The van der Waals surface area contributed by atoms with E-state index in [-0.39, 0.29) is 16.5 Å². The summed E-state index contributed by atoms with van der Waals surface area (Å²) in [5, 5.41) is 8.79. The lowest BCUT2D eigenvalue weighted by molar-refractivity contribution is 0.457. The molecule has 0 saturated carbocycles. The summed E-state index contributed by atoms with van der Waals surface area (Å²) in [7, 11) is -3.93. The third-order valence-electron chi connectivity index (χ3n) is 3.38. The van der Waals surface area contributed by atoms with E-state index < -0.39 is 14.9 Å². The van der Waals surface area contributed by atoms with Crippen LogP contribution in [0.4, 0.5) is 0 Å². The van der Waals surface area contributed by atoms with E-state index in [1.165, 1.54) is 12.1 Å². The van der Waals surface area contributed by atoms with E-state index in [1.54, 1.807) is 36.4 Å². The summed E-state index contributed by atoms with van der Waals surface area (Å²) in [5.41, 5.74) is 1.28. The lowest BCUT2D eigenvalue weighted by Crippen LogP contribution is -2.02. The van der Waals surface area contributed by atoms with Gasteiger partial charge in [-0.25, -0.2) is 8.42 Å². The molecule has 0 bridgehead atoms. The van der Waals surface area contributed by atoms with E-state index >= 15 is 0 Å². The highest BCUT2D eigenvalue weighted by Crippen LogP contribution is 2.30. The molecule has 6 heteroatoms. The zero-order chi connectivity index (χ0) is 16.4. The highest BCUT2D eigenvalue weighted by atomic mass is 32.2. The standard InChI is InChI=1S/C17H12N2O3S/c1-12-7-5-6-10-14(12)16-19-15(11-18)17(22-16)23(20,21)13-8-3-2-4-9-13/h2-10H,1H3. The predicted molar refractivity (Wildman–Crippen MR) is 83.3 cm³/mol. The fourth-order valence-corrected chi connectivity index (χ4v) is 3.46. The lowest BCUT2D eigenvalue weighted by Gasteiger charge is -2.01. The van der Waals surface area contributed by atoms with Gasteiger partial charge in [0, 0.05) is 5.56 Å². The number of aromatic nitrogens is 1. The summed E-state index contributed by atoms with van der Waals surface area (Å²) in [5.74, 6) is 0.120. The number of hydrogen-bond donors (Lipinski definition) is 0. The predicted octanol–water partition coefficient (Wildman–Crippen LogP) is 3.35. The van der Waals surface area contributed by atoms with Gasteiger partial charge in [-0.1, -0.05) is 36.4 Å². The summed E-state index contributed by atoms with van der Waals surface area (Å²) in [6.07, 6.45) is 0. The van der Waals surface area contributed by atoms with E-state index in [9.17, 15) is 13.7 Å². The van der Waals surface area contributed by atoms with Crippen LogP contribution in [0.15, 0.2) is 69.0 Å². The molecule has 3 rings (SSSR count). The molecule has 0 spiro atoms. The van der Waals surface area contributed by atoms with Crippen molar-refractivity contribution in [3.8, 4) is 17.5 Å². The molecule has 0 aliphatic rings. The first kappa shape index (κ1) is 15.0. The molecule has 5 nitrogen and oxygen atoms in total. The Labute approximate surface area is 133 Å². The fraction of sp³-hybridized carbons (Fsp3) is 0.0588. The number of benzene rings is 2. The smallest absolute Gasteiger partial charge is 0.261 e. The van der Waals surface area contributed by atoms with Crippen LogP contribution in [0.2, 0.25) is 0 Å². The summed E-state index contributed by atoms with van der Waals surface area (Å²) >= 11 is 0. The summed E-state index contributed by atoms with van der Waals surface area (Å²) in [6, 6.07) is 16.9. The van der Waals surface area contributed by atoms with E-state index in [0.29, 0.717) is 5.56 Å². The Hall–Kier alpha value is -2.91. The lowest BCUT2D eigenvalue weighted by atomic mass is 10.1. The maximum absolute atomic E-state index is 12.7. The Bertz CT molecular complexity index is 1000. The van der Waals surface area contributed by atoms with Gasteiger partial charge in [0.1, 0.15) is 6.07 Å². The highest BCUT2D eigenvalue weighted by Gasteiger charge is 2.28. The van der Waals surface area contributed by atoms with Crippen LogP contribution >= 0.6 is 0 Å². The number of rotatable bonds is 3. The Morgan fingerprint density at radius 2 is 1.70 bits per heavy atom. The van der Waals surface area contributed by atoms with Crippen molar-refractivity contribution in [2.24, 2.45) is 0 Å². The van der Waals surface area contributed by atoms with Crippen molar-refractivity contribution in [3.05, 3.63) is 65.9 Å². The van der Waals surface area contributed by atoms with Gasteiger partial charge in [0.15, 0.2) is 5.69 Å². The average molecular weight is 324 g/mol. The van der Waals surface area contributed by atoms with Gasteiger partial charge in [-0.2, -0.15) is 10.2 Å². The van der Waals surface area contributed by atoms with Gasteiger partial charge in [-0.15, -0.1) is 0 Å². The molecule has 0 aliphatic heterocycles. The van der Waals surface area contributed by atoms with Gasteiger partial charge in [0.25, 0.3) is 5.09 Å². The zero-order valence-electron chi connectivity index (χ0n) is 12.2. The third kappa shape index (κ3) is 2.62. The topological polar surface area (TPSA) is 84.0 Å². The molecule has 0 radical (unpaired) electrons. The summed E-state index contributed by atoms with van der Waals surface area (Å²) < 4.78 is 30.8. The van der Waals surface area contributed by atoms with Crippen LogP contribution in [0.3, 0.4) is 0 Å². The first-order valence-electron chi connectivity index (χ1n) is 6.81. The van der Waals surface area contributed by atoms with Crippen LogP contribution < -0.4 is 0 Å². The van der Waals surface area contributed by atoms with Crippen molar-refractivity contribution < 1.29 is 12.8 Å². The number of aryl methyl sites for hydroxylation is 1. The zero-order valence-corrected chi connectivity index (χ0v) is 13.0. The van der Waals surface area contributed by atoms with Crippen molar-refractivity contribution >= 4 is 9.84 Å². The molecular weight excluding hydrogens is 312 g/mol. The molecule has 0 unspecified atom stereocenters. The van der Waals surface area contributed by atoms with Crippen molar-refractivity contribution in [1.29, 1.82) is 5.26 Å². The number of nitriles is 1. The molecule has 0 N–H and O–H groups in total. The van der Waals surface area contributed by atoms with Crippen LogP contribution in [-0.4, -0.2) is 13.4 Å². The Kier molecular flexibility index (Phi) is 3.72. The van der Waals surface area contributed by atoms with Gasteiger partial charge in [0.05, 0.1) is 4.90 Å². The van der Waals surface area contributed by atoms with Crippen LogP contribution in [0, 0.1) is 18.3 Å². The van der Waals surface area contributed by atoms with Gasteiger partial charge < -0.3 is 4.42 Å². The van der Waals surface area contributed by atoms with E-state index in [2.05, 4.69) is 4.98 Å². The van der Waals surface area contributed by atoms with Crippen molar-refractivity contribution in [3.63, 3.8) is 0 Å². The Balaban J connectivity index is 2.19. The molecule has 114 valence electrons. The number of oxazole rings is 1. The first-order chi connectivity index (χ1) is 11.0. The Morgan fingerprint density at radius 1 is 1.04 bits per heavy atom. The number of hydrogen-bond acceptors (Lipinski definition) is 5. The third-order valence-corrected chi connectivity index (χ3v) is 5.03. The van der Waals surface area contributed by atoms with Crippen LogP contribution in [0.1, 0.15) is 11.3 Å². The van der Waals surface area contributed by atoms with Gasteiger partial charge >= 0.3 is 0 Å². The van der Waals surface area contributed by atoms with Gasteiger partial charge in [-0.3, -0.25) is 0 Å². The fourth-order valence-electron chi connectivity index (χ4n) is 2.19. The van der Waals surface area contributed by atoms with Crippen LogP contribution in [0.5, 0.6) is 0 Å². The monoisotopic (exact) mass is 324 g/mol. The van der Waals surface area contributed by atoms with Crippen LogP contribution in [-0.2, 0) is 9.84 Å². The molecule has 3 aromatic rings. The molecule has 1 heterocycles. The maximum atomic E-state index is 12.7. The average Bonchev–Trinajstić information content (AvgIpc) is 3.01. The first-order valence-corrected chi connectivity index (χ1v) is 8.29. The van der Waals surface area contributed by atoms with Crippen molar-refractivity contribution in [2.45, 2.75) is 16.9 Å². The molecule has 2 aromatic carbocycles. The van der Waals surface area contributed by atoms with E-state index in [4.69, 9.17) is 4.42 Å². The number of nitrogens with zero attached hydrogens (tertiary/aromatic N) is 2. The van der Waals surface area contributed by atoms with Gasteiger partial charge in [-0.05, 0) is 30.7 Å². The second-order valence-electron chi connectivity index (χ2n) is 4.90. The molecule has 1 aromatic heterocycles. The minimum absolute atomic E-state index is 0.0592. The molecule has 0 atom stereocenters. The van der Waals surface area contributed by atoms with Crippen molar-refractivity contribution in [1.82, 2.24) is 4.98 Å². The minimum atomic E-state index is -3.93. The van der Waals surface area contributed by atoms with E-state index in [0.717, 1.165) is 5.56 Å². The molecule has 0 amide bonds. The molecule has 0 aliphatic carbocycles. The second-order valence-corrected chi connectivity index (χ2v) is 6.75. The highest BCUT2D eigenvalue weighted by molar-refractivity contribution is 7.91. The quantitative estimate of drug-likeness (QED) is 0.737. The Morgan fingerprint density at radius 3 is 2.35 bits per heavy atom. The maximum Gasteiger partial charge on any atom is 0.261 e. The van der Waals surface area contributed by atoms with Crippen molar-refractivity contribution in [2.75, 3.05) is 0 Å².